The first kappa shape index (κ1) is 20.3. The van der Waals surface area contributed by atoms with Crippen LogP contribution in [0.3, 0.4) is 0 Å². The van der Waals surface area contributed by atoms with Gasteiger partial charge in [0, 0.05) is 12.8 Å². The minimum absolute atomic E-state index is 0.0134. The van der Waals surface area contributed by atoms with Crippen molar-refractivity contribution in [1.29, 1.82) is 0 Å². The molecule has 146 valence electrons. The molecule has 1 N–H and O–H groups in total. The highest BCUT2D eigenvalue weighted by Crippen LogP contribution is 2.48. The van der Waals surface area contributed by atoms with Gasteiger partial charge in [-0.1, -0.05) is 0 Å². The topological polar surface area (TPSA) is 99.1 Å². The molecule has 7 nitrogen and oxygen atoms in total. The maximum Gasteiger partial charge on any atom is 0.434 e. The van der Waals surface area contributed by atoms with Crippen LogP contribution < -0.4 is 0 Å². The highest BCUT2D eigenvalue weighted by molar-refractivity contribution is 7.87. The number of hydrogen-bond acceptors (Lipinski definition) is 6. The van der Waals surface area contributed by atoms with Gasteiger partial charge in [-0.15, -0.1) is 0 Å². The van der Waals surface area contributed by atoms with E-state index in [1.165, 1.54) is 0 Å². The Kier molecular flexibility index (Phi) is 5.40. The van der Waals surface area contributed by atoms with Crippen LogP contribution in [-0.4, -0.2) is 55.2 Å². The summed E-state index contributed by atoms with van der Waals surface area (Å²) < 4.78 is 99.0. The Hall–Kier alpha value is -0.980. The average molecular weight is 394 g/mol. The second-order valence-electron chi connectivity index (χ2n) is 5.97. The van der Waals surface area contributed by atoms with Gasteiger partial charge in [0.2, 0.25) is 0 Å². The van der Waals surface area contributed by atoms with Gasteiger partial charge in [-0.2, -0.15) is 26.0 Å². The summed E-state index contributed by atoms with van der Waals surface area (Å²) in [6, 6.07) is 0. The molecule has 0 amide bonds. The largest absolute Gasteiger partial charge is 0.466 e. The molecule has 1 saturated carbocycles. The van der Waals surface area contributed by atoms with Gasteiger partial charge in [-0.3, -0.25) is 9.35 Å². The third-order valence-electron chi connectivity index (χ3n) is 4.34. The summed E-state index contributed by atoms with van der Waals surface area (Å²) in [6.07, 6.45) is -2.21. The van der Waals surface area contributed by atoms with Crippen molar-refractivity contribution in [2.24, 2.45) is 5.92 Å². The van der Waals surface area contributed by atoms with Crippen LogP contribution in [-0.2, 0) is 29.1 Å². The molecule has 2 aliphatic rings. The van der Waals surface area contributed by atoms with Crippen molar-refractivity contribution in [3.05, 3.63) is 0 Å². The van der Waals surface area contributed by atoms with E-state index in [1.807, 2.05) is 0 Å². The van der Waals surface area contributed by atoms with Crippen LogP contribution in [0.2, 0.25) is 0 Å². The van der Waals surface area contributed by atoms with E-state index in [1.54, 1.807) is 6.92 Å². The van der Waals surface area contributed by atoms with Crippen LogP contribution in [0.4, 0.5) is 17.6 Å². The number of ether oxygens (including phenoxy) is 3. The standard InChI is InChI=1S/C13H18F4O7S/c1-2-22-10(18)8-3-5-11(6-4-8)23-7-9(24-11)12(14,15)13(16,17)25(19,20)21/h8-9H,2-7H2,1H3,(H,19,20,21). The van der Waals surface area contributed by atoms with E-state index in [2.05, 4.69) is 0 Å². The fourth-order valence-corrected chi connectivity index (χ4v) is 3.38. The zero-order valence-electron chi connectivity index (χ0n) is 13.2. The minimum Gasteiger partial charge on any atom is -0.466 e. The molecule has 1 aliphatic heterocycles. The summed E-state index contributed by atoms with van der Waals surface area (Å²) in [5.41, 5.74) is 0. The maximum absolute atomic E-state index is 13.9. The van der Waals surface area contributed by atoms with Gasteiger partial charge < -0.3 is 14.2 Å². The summed E-state index contributed by atoms with van der Waals surface area (Å²) in [5, 5.41) is -5.72. The Morgan fingerprint density at radius 2 is 1.84 bits per heavy atom. The van der Waals surface area contributed by atoms with Gasteiger partial charge in [-0.25, -0.2) is 0 Å². The summed E-state index contributed by atoms with van der Waals surface area (Å²) in [6.45, 7) is 0.849. The van der Waals surface area contributed by atoms with Crippen LogP contribution in [0.15, 0.2) is 0 Å². The molecular formula is C13H18F4O7S. The van der Waals surface area contributed by atoms with Crippen molar-refractivity contribution in [2.45, 2.75) is 55.7 Å². The van der Waals surface area contributed by atoms with Crippen molar-refractivity contribution >= 4 is 16.1 Å². The summed E-state index contributed by atoms with van der Waals surface area (Å²) in [4.78, 5) is 11.6. The van der Waals surface area contributed by atoms with Crippen LogP contribution >= 0.6 is 0 Å². The van der Waals surface area contributed by atoms with Gasteiger partial charge in [0.15, 0.2) is 11.9 Å². The van der Waals surface area contributed by atoms with Gasteiger partial charge in [0.1, 0.15) is 0 Å². The SMILES string of the molecule is CCOC(=O)C1CCC2(CC1)OCC(C(F)(F)C(F)(F)S(=O)(=O)O)O2. The molecule has 1 saturated heterocycles. The lowest BCUT2D eigenvalue weighted by Gasteiger charge is -2.36. The first-order valence-electron chi connectivity index (χ1n) is 7.57. The first-order chi connectivity index (χ1) is 11.4. The van der Waals surface area contributed by atoms with E-state index in [9.17, 15) is 30.8 Å². The van der Waals surface area contributed by atoms with Crippen molar-refractivity contribution in [2.75, 3.05) is 13.2 Å². The Balaban J connectivity index is 2.06. The number of hydrogen-bond donors (Lipinski definition) is 1. The fraction of sp³-hybridized carbons (Fsp3) is 0.923. The third kappa shape index (κ3) is 3.62. The van der Waals surface area contributed by atoms with Gasteiger partial charge in [0.25, 0.3) is 0 Å². The molecule has 2 fully saturated rings. The molecule has 0 aromatic heterocycles. The molecule has 1 atom stereocenters. The Labute approximate surface area is 141 Å². The maximum atomic E-state index is 13.9. The zero-order valence-corrected chi connectivity index (χ0v) is 14.0. The van der Waals surface area contributed by atoms with Gasteiger partial charge >= 0.3 is 27.3 Å². The molecule has 1 spiro atoms. The molecule has 25 heavy (non-hydrogen) atoms. The molecule has 0 bridgehead atoms. The molecule has 12 heteroatoms. The van der Waals surface area contributed by atoms with Crippen LogP contribution in [0.5, 0.6) is 0 Å². The molecule has 0 radical (unpaired) electrons. The third-order valence-corrected chi connectivity index (χ3v) is 5.26. The molecule has 2 rings (SSSR count). The van der Waals surface area contributed by atoms with Gasteiger partial charge in [0.05, 0.1) is 19.1 Å². The van der Waals surface area contributed by atoms with E-state index in [-0.39, 0.29) is 32.3 Å². The predicted molar refractivity (Wildman–Crippen MR) is 73.6 cm³/mol. The van der Waals surface area contributed by atoms with E-state index in [4.69, 9.17) is 18.8 Å². The lowest BCUT2D eigenvalue weighted by atomic mass is 9.85. The van der Waals surface area contributed by atoms with E-state index in [0.717, 1.165) is 0 Å². The number of halogens is 4. The van der Waals surface area contributed by atoms with Crippen molar-refractivity contribution in [3.63, 3.8) is 0 Å². The molecule has 0 aromatic carbocycles. The lowest BCUT2D eigenvalue weighted by molar-refractivity contribution is -0.253. The smallest absolute Gasteiger partial charge is 0.434 e. The number of alkyl halides is 4. The average Bonchev–Trinajstić information content (AvgIpc) is 2.91. The summed E-state index contributed by atoms with van der Waals surface area (Å²) in [5.74, 6) is -7.71. The molecule has 1 unspecified atom stereocenters. The fourth-order valence-electron chi connectivity index (χ4n) is 2.91. The second-order valence-corrected chi connectivity index (χ2v) is 7.43. The highest BCUT2D eigenvalue weighted by Gasteiger charge is 2.72. The quantitative estimate of drug-likeness (QED) is 0.432. The number of carbonyl (C=O) groups excluding carboxylic acids is 1. The van der Waals surface area contributed by atoms with E-state index < -0.39 is 51.7 Å². The first-order valence-corrected chi connectivity index (χ1v) is 9.01. The normalized spacial score (nSPS) is 31.3. The van der Waals surface area contributed by atoms with E-state index >= 15 is 0 Å². The lowest BCUT2D eigenvalue weighted by Crippen LogP contribution is -2.55. The Morgan fingerprint density at radius 1 is 1.28 bits per heavy atom. The summed E-state index contributed by atoms with van der Waals surface area (Å²) in [7, 11) is -6.35. The Bertz CT molecular complexity index is 614. The van der Waals surface area contributed by atoms with Gasteiger partial charge in [-0.05, 0) is 19.8 Å². The molecule has 1 aliphatic carbocycles. The van der Waals surface area contributed by atoms with Crippen LogP contribution in [0, 0.1) is 5.92 Å². The molecule has 1 heterocycles. The summed E-state index contributed by atoms with van der Waals surface area (Å²) >= 11 is 0. The predicted octanol–water partition coefficient (Wildman–Crippen LogP) is 1.97. The zero-order chi connectivity index (χ0) is 19.1. The Morgan fingerprint density at radius 3 is 2.32 bits per heavy atom. The van der Waals surface area contributed by atoms with Crippen molar-refractivity contribution in [1.82, 2.24) is 0 Å². The second kappa shape index (κ2) is 6.63. The molecule has 0 aromatic rings. The van der Waals surface area contributed by atoms with Crippen LogP contribution in [0.25, 0.3) is 0 Å². The van der Waals surface area contributed by atoms with E-state index in [0.29, 0.717) is 0 Å². The number of rotatable bonds is 5. The van der Waals surface area contributed by atoms with Crippen LogP contribution in [0.1, 0.15) is 32.6 Å². The monoisotopic (exact) mass is 394 g/mol. The number of esters is 1. The minimum atomic E-state index is -6.35. The van der Waals surface area contributed by atoms with Crippen molar-refractivity contribution < 1.29 is 49.5 Å². The van der Waals surface area contributed by atoms with Crippen molar-refractivity contribution in [3.8, 4) is 0 Å². The number of carbonyl (C=O) groups is 1. The highest BCUT2D eigenvalue weighted by atomic mass is 32.2. The molecular weight excluding hydrogens is 376 g/mol.